The zero-order valence-electron chi connectivity index (χ0n) is 10.1. The van der Waals surface area contributed by atoms with Crippen LogP contribution in [0.3, 0.4) is 0 Å². The molecule has 0 unspecified atom stereocenters. The van der Waals surface area contributed by atoms with Crippen LogP contribution in [0.4, 0.5) is 0 Å². The lowest BCUT2D eigenvalue weighted by Gasteiger charge is -2.36. The first-order valence-corrected chi connectivity index (χ1v) is 5.56. The van der Waals surface area contributed by atoms with Gasteiger partial charge in [0.15, 0.2) is 0 Å². The molecule has 0 spiro atoms. The van der Waals surface area contributed by atoms with Crippen LogP contribution >= 0.6 is 0 Å². The molecule has 2 heterocycles. The summed E-state index contributed by atoms with van der Waals surface area (Å²) in [4.78, 5) is 11.4. The Morgan fingerprint density at radius 1 is 1.53 bits per heavy atom. The highest BCUT2D eigenvalue weighted by molar-refractivity contribution is 5.86. The number of furan rings is 1. The first-order valence-electron chi connectivity index (χ1n) is 5.56. The van der Waals surface area contributed by atoms with E-state index in [4.69, 9.17) is 13.9 Å². The molecule has 1 saturated heterocycles. The fourth-order valence-electron chi connectivity index (χ4n) is 1.52. The van der Waals surface area contributed by atoms with Crippen molar-refractivity contribution in [3.8, 4) is 0 Å². The number of rotatable bonds is 4. The molecule has 1 aromatic heterocycles. The summed E-state index contributed by atoms with van der Waals surface area (Å²) in [6.07, 6.45) is 2.98. The summed E-state index contributed by atoms with van der Waals surface area (Å²) in [5, 5.41) is 0. The molecule has 1 fully saturated rings. The van der Waals surface area contributed by atoms with E-state index in [0.717, 1.165) is 5.76 Å². The van der Waals surface area contributed by atoms with E-state index in [1.54, 1.807) is 12.1 Å². The molecular formula is C13H16O4. The summed E-state index contributed by atoms with van der Waals surface area (Å²) in [6, 6.07) is 3.65. The largest absolute Gasteiger partial charge is 0.462 e. The highest BCUT2D eigenvalue weighted by Gasteiger charge is 2.34. The Morgan fingerprint density at radius 2 is 2.29 bits per heavy atom. The van der Waals surface area contributed by atoms with Crippen molar-refractivity contribution < 1.29 is 18.7 Å². The molecule has 1 aromatic rings. The molecule has 1 aliphatic heterocycles. The molecule has 0 saturated carbocycles. The van der Waals surface area contributed by atoms with Gasteiger partial charge in [-0.15, -0.1) is 0 Å². The lowest BCUT2D eigenvalue weighted by atomic mass is 9.90. The van der Waals surface area contributed by atoms with Gasteiger partial charge in [0.1, 0.15) is 18.1 Å². The Hall–Kier alpha value is -1.55. The Balaban J connectivity index is 1.79. The van der Waals surface area contributed by atoms with Gasteiger partial charge in [0.2, 0.25) is 0 Å². The smallest absolute Gasteiger partial charge is 0.330 e. The van der Waals surface area contributed by atoms with Crippen molar-refractivity contribution >= 4 is 12.0 Å². The molecule has 0 bridgehead atoms. The van der Waals surface area contributed by atoms with E-state index in [9.17, 15) is 4.79 Å². The summed E-state index contributed by atoms with van der Waals surface area (Å²) in [5.74, 6) is 1.11. The van der Waals surface area contributed by atoms with Crippen LogP contribution in [0, 0.1) is 12.3 Å². The molecule has 92 valence electrons. The number of aryl methyl sites for hydroxylation is 1. The third-order valence-electron chi connectivity index (χ3n) is 2.61. The number of esters is 1. The zero-order valence-corrected chi connectivity index (χ0v) is 10.1. The van der Waals surface area contributed by atoms with Gasteiger partial charge >= 0.3 is 5.97 Å². The lowest BCUT2D eigenvalue weighted by molar-refractivity contribution is -0.160. The predicted molar refractivity (Wildman–Crippen MR) is 62.4 cm³/mol. The van der Waals surface area contributed by atoms with Gasteiger partial charge in [-0.1, -0.05) is 6.92 Å². The molecule has 0 aromatic carbocycles. The Labute approximate surface area is 100 Å². The number of carbonyl (C=O) groups is 1. The minimum Gasteiger partial charge on any atom is -0.462 e. The van der Waals surface area contributed by atoms with Crippen LogP contribution in [0.15, 0.2) is 22.6 Å². The summed E-state index contributed by atoms with van der Waals surface area (Å²) < 4.78 is 15.5. The van der Waals surface area contributed by atoms with E-state index >= 15 is 0 Å². The van der Waals surface area contributed by atoms with Crippen LogP contribution in [0.5, 0.6) is 0 Å². The summed E-state index contributed by atoms with van der Waals surface area (Å²) >= 11 is 0. The van der Waals surface area contributed by atoms with Crippen molar-refractivity contribution in [2.45, 2.75) is 13.8 Å². The third-order valence-corrected chi connectivity index (χ3v) is 2.61. The van der Waals surface area contributed by atoms with E-state index in [1.807, 2.05) is 19.9 Å². The predicted octanol–water partition coefficient (Wildman–Crippen LogP) is 2.18. The molecular weight excluding hydrogens is 220 g/mol. The van der Waals surface area contributed by atoms with Gasteiger partial charge in [0, 0.05) is 11.5 Å². The van der Waals surface area contributed by atoms with Crippen molar-refractivity contribution in [1.82, 2.24) is 0 Å². The topological polar surface area (TPSA) is 48.7 Å². The maximum Gasteiger partial charge on any atom is 0.330 e. The van der Waals surface area contributed by atoms with E-state index < -0.39 is 0 Å². The molecule has 0 radical (unpaired) electrons. The summed E-state index contributed by atoms with van der Waals surface area (Å²) in [6.45, 7) is 5.59. The van der Waals surface area contributed by atoms with Crippen LogP contribution in [0.2, 0.25) is 0 Å². The minimum atomic E-state index is -0.354. The zero-order chi connectivity index (χ0) is 12.3. The molecule has 1 aliphatic rings. The maximum absolute atomic E-state index is 11.4. The van der Waals surface area contributed by atoms with Crippen molar-refractivity contribution in [3.63, 3.8) is 0 Å². The second-order valence-electron chi connectivity index (χ2n) is 4.69. The van der Waals surface area contributed by atoms with Gasteiger partial charge in [0.25, 0.3) is 0 Å². The summed E-state index contributed by atoms with van der Waals surface area (Å²) in [5.41, 5.74) is -0.00916. The van der Waals surface area contributed by atoms with Crippen molar-refractivity contribution in [2.24, 2.45) is 5.41 Å². The molecule has 4 nitrogen and oxygen atoms in total. The summed E-state index contributed by atoms with van der Waals surface area (Å²) in [7, 11) is 0. The first kappa shape index (κ1) is 11.9. The van der Waals surface area contributed by atoms with Crippen molar-refractivity contribution in [2.75, 3.05) is 19.8 Å². The van der Waals surface area contributed by atoms with Gasteiger partial charge in [-0.05, 0) is 25.1 Å². The van der Waals surface area contributed by atoms with Gasteiger partial charge in [0.05, 0.1) is 13.2 Å². The lowest BCUT2D eigenvalue weighted by Crippen LogP contribution is -2.43. The quantitative estimate of drug-likeness (QED) is 0.594. The molecule has 2 rings (SSSR count). The molecule has 0 amide bonds. The van der Waals surface area contributed by atoms with Crippen LogP contribution in [-0.2, 0) is 14.3 Å². The number of carbonyl (C=O) groups excluding carboxylic acids is 1. The molecule has 4 heteroatoms. The molecule has 0 N–H and O–H groups in total. The number of hydrogen-bond acceptors (Lipinski definition) is 4. The number of ether oxygens (including phenoxy) is 2. The third kappa shape index (κ3) is 3.20. The highest BCUT2D eigenvalue weighted by Crippen LogP contribution is 2.26. The van der Waals surface area contributed by atoms with E-state index in [2.05, 4.69) is 0 Å². The van der Waals surface area contributed by atoms with Crippen LogP contribution in [0.25, 0.3) is 6.08 Å². The van der Waals surface area contributed by atoms with Crippen LogP contribution in [-0.4, -0.2) is 25.8 Å². The van der Waals surface area contributed by atoms with Crippen molar-refractivity contribution in [3.05, 3.63) is 29.7 Å². The van der Waals surface area contributed by atoms with Gasteiger partial charge in [-0.2, -0.15) is 0 Å². The number of hydrogen-bond donors (Lipinski definition) is 0. The van der Waals surface area contributed by atoms with E-state index in [-0.39, 0.29) is 11.4 Å². The second kappa shape index (κ2) is 4.75. The fourth-order valence-corrected chi connectivity index (χ4v) is 1.52. The Morgan fingerprint density at radius 3 is 2.82 bits per heavy atom. The SMILES string of the molecule is Cc1ccc(C=CC(=O)OCC2(C)COC2)o1. The van der Waals surface area contributed by atoms with E-state index in [0.29, 0.717) is 25.6 Å². The van der Waals surface area contributed by atoms with Crippen molar-refractivity contribution in [1.29, 1.82) is 0 Å². The molecule has 0 atom stereocenters. The van der Waals surface area contributed by atoms with Crippen LogP contribution < -0.4 is 0 Å². The average Bonchev–Trinajstić information content (AvgIpc) is 2.67. The minimum absolute atomic E-state index is 0.00916. The first-order chi connectivity index (χ1) is 8.07. The van der Waals surface area contributed by atoms with Gasteiger partial charge in [-0.25, -0.2) is 4.79 Å². The average molecular weight is 236 g/mol. The van der Waals surface area contributed by atoms with Gasteiger partial charge < -0.3 is 13.9 Å². The van der Waals surface area contributed by atoms with Gasteiger partial charge in [-0.3, -0.25) is 0 Å². The normalized spacial score (nSPS) is 18.0. The van der Waals surface area contributed by atoms with Crippen LogP contribution in [0.1, 0.15) is 18.4 Å². The van der Waals surface area contributed by atoms with E-state index in [1.165, 1.54) is 6.08 Å². The molecule has 0 aliphatic carbocycles. The molecule has 17 heavy (non-hydrogen) atoms. The second-order valence-corrected chi connectivity index (χ2v) is 4.69. The Bertz CT molecular complexity index is 426. The maximum atomic E-state index is 11.4. The standard InChI is InChI=1S/C13H16O4/c1-10-3-4-11(17-10)5-6-12(14)16-9-13(2)7-15-8-13/h3-6H,7-9H2,1-2H3. The Kier molecular flexibility index (Phi) is 3.33. The highest BCUT2D eigenvalue weighted by atomic mass is 16.5. The fraction of sp³-hybridized carbons (Fsp3) is 0.462. The monoisotopic (exact) mass is 236 g/mol.